The van der Waals surface area contributed by atoms with Crippen molar-refractivity contribution in [2.75, 3.05) is 0 Å². The fourth-order valence-corrected chi connectivity index (χ4v) is 0.919. The van der Waals surface area contributed by atoms with Crippen molar-refractivity contribution in [3.05, 3.63) is 28.4 Å². The Morgan fingerprint density at radius 2 is 2.45 bits per heavy atom. The second-order valence-corrected chi connectivity index (χ2v) is 2.50. The molecular formula is C8H12N2O. The van der Waals surface area contributed by atoms with E-state index >= 15 is 0 Å². The monoisotopic (exact) mass is 152 g/mol. The Labute approximate surface area is 65.5 Å². The highest BCUT2D eigenvalue weighted by atomic mass is 16.1. The second-order valence-electron chi connectivity index (χ2n) is 2.50. The molecule has 0 atom stereocenters. The second kappa shape index (κ2) is 3.91. The molecule has 11 heavy (non-hydrogen) atoms. The van der Waals surface area contributed by atoms with Gasteiger partial charge in [0.25, 0.3) is 0 Å². The molecular weight excluding hydrogens is 140 g/mol. The van der Waals surface area contributed by atoms with Gasteiger partial charge in [0.1, 0.15) is 0 Å². The van der Waals surface area contributed by atoms with Crippen LogP contribution in [0.25, 0.3) is 0 Å². The quantitative estimate of drug-likeness (QED) is 0.705. The number of hydrogen-bond acceptors (Lipinski definition) is 2. The summed E-state index contributed by atoms with van der Waals surface area (Å²) in [5, 5.41) is 0. The molecule has 0 amide bonds. The van der Waals surface area contributed by atoms with E-state index in [1.165, 1.54) is 0 Å². The predicted octanol–water partition coefficient (Wildman–Crippen LogP) is 1.11. The Morgan fingerprint density at radius 3 is 3.09 bits per heavy atom. The summed E-state index contributed by atoms with van der Waals surface area (Å²) in [5.41, 5.74) is 0.727. The average molecular weight is 152 g/mol. The normalized spacial score (nSPS) is 9.91. The summed E-state index contributed by atoms with van der Waals surface area (Å²) < 4.78 is 0. The summed E-state index contributed by atoms with van der Waals surface area (Å²) in [5.74, 6) is 0. The minimum atomic E-state index is -0.251. The van der Waals surface area contributed by atoms with Crippen LogP contribution in [0.1, 0.15) is 25.5 Å². The van der Waals surface area contributed by atoms with Crippen LogP contribution in [0.5, 0.6) is 0 Å². The topological polar surface area (TPSA) is 45.8 Å². The molecule has 3 nitrogen and oxygen atoms in total. The fourth-order valence-electron chi connectivity index (χ4n) is 0.919. The molecule has 0 bridgehead atoms. The van der Waals surface area contributed by atoms with Crippen molar-refractivity contribution in [3.63, 3.8) is 0 Å². The van der Waals surface area contributed by atoms with E-state index in [4.69, 9.17) is 0 Å². The molecule has 60 valence electrons. The molecule has 1 rings (SSSR count). The molecule has 0 spiro atoms. The van der Waals surface area contributed by atoms with E-state index in [9.17, 15) is 4.79 Å². The Hall–Kier alpha value is -1.12. The Morgan fingerprint density at radius 1 is 1.64 bits per heavy atom. The zero-order valence-corrected chi connectivity index (χ0v) is 6.63. The first-order valence-corrected chi connectivity index (χ1v) is 3.87. The van der Waals surface area contributed by atoms with Gasteiger partial charge in [0.2, 0.25) is 0 Å². The minimum absolute atomic E-state index is 0.251. The summed E-state index contributed by atoms with van der Waals surface area (Å²) in [4.78, 5) is 16.9. The van der Waals surface area contributed by atoms with Crippen LogP contribution in [0, 0.1) is 0 Å². The highest BCUT2D eigenvalue weighted by Crippen LogP contribution is 1.97. The molecule has 0 radical (unpaired) electrons. The van der Waals surface area contributed by atoms with Crippen molar-refractivity contribution in [3.8, 4) is 0 Å². The molecule has 1 aromatic heterocycles. The lowest BCUT2D eigenvalue weighted by Crippen LogP contribution is -2.11. The zero-order chi connectivity index (χ0) is 8.10. The molecule has 1 heterocycles. The lowest BCUT2D eigenvalue weighted by molar-refractivity contribution is 0.768. The molecule has 3 heteroatoms. The summed E-state index contributed by atoms with van der Waals surface area (Å²) in [6, 6.07) is 1.84. The molecule has 1 N–H and O–H groups in total. The minimum Gasteiger partial charge on any atom is -0.310 e. The van der Waals surface area contributed by atoms with Gasteiger partial charge in [-0.3, -0.25) is 0 Å². The first-order valence-electron chi connectivity index (χ1n) is 3.87. The van der Waals surface area contributed by atoms with Gasteiger partial charge < -0.3 is 4.98 Å². The number of hydrogen-bond donors (Lipinski definition) is 1. The van der Waals surface area contributed by atoms with E-state index in [1.807, 2.05) is 6.07 Å². The van der Waals surface area contributed by atoms with E-state index in [-0.39, 0.29) is 5.69 Å². The Bertz CT molecular complexity index is 267. The SMILES string of the molecule is CCCCc1ccnc(=O)[nH]1. The maximum absolute atomic E-state index is 10.7. The highest BCUT2D eigenvalue weighted by Gasteiger charge is 1.91. The first kappa shape index (κ1) is 7.98. The predicted molar refractivity (Wildman–Crippen MR) is 43.5 cm³/mol. The van der Waals surface area contributed by atoms with Crippen molar-refractivity contribution in [2.45, 2.75) is 26.2 Å². The summed E-state index contributed by atoms with van der Waals surface area (Å²) in [7, 11) is 0. The van der Waals surface area contributed by atoms with Gasteiger partial charge in [-0.25, -0.2) is 9.78 Å². The molecule has 0 aliphatic rings. The number of H-pyrrole nitrogens is 1. The van der Waals surface area contributed by atoms with Crippen molar-refractivity contribution in [1.82, 2.24) is 9.97 Å². The molecule has 0 aromatic carbocycles. The van der Waals surface area contributed by atoms with E-state index in [2.05, 4.69) is 16.9 Å². The van der Waals surface area contributed by atoms with E-state index in [1.54, 1.807) is 6.20 Å². The molecule has 0 saturated heterocycles. The van der Waals surface area contributed by atoms with Gasteiger partial charge in [0.05, 0.1) is 0 Å². The lowest BCUT2D eigenvalue weighted by Gasteiger charge is -1.96. The fraction of sp³-hybridized carbons (Fsp3) is 0.500. The van der Waals surface area contributed by atoms with E-state index in [0.29, 0.717) is 0 Å². The maximum Gasteiger partial charge on any atom is 0.345 e. The van der Waals surface area contributed by atoms with Gasteiger partial charge in [0.15, 0.2) is 0 Å². The number of nitrogens with zero attached hydrogens (tertiary/aromatic N) is 1. The third-order valence-electron chi connectivity index (χ3n) is 1.53. The first-order chi connectivity index (χ1) is 5.33. The van der Waals surface area contributed by atoms with Gasteiger partial charge in [-0.05, 0) is 18.9 Å². The molecule has 0 saturated carbocycles. The van der Waals surface area contributed by atoms with Gasteiger partial charge in [-0.1, -0.05) is 13.3 Å². The van der Waals surface area contributed by atoms with Crippen LogP contribution >= 0.6 is 0 Å². The molecule has 0 aliphatic carbocycles. The number of nitrogens with one attached hydrogen (secondary N) is 1. The third kappa shape index (κ3) is 2.53. The van der Waals surface area contributed by atoms with Crippen LogP contribution in [-0.2, 0) is 6.42 Å². The summed E-state index contributed by atoms with van der Waals surface area (Å²) >= 11 is 0. The lowest BCUT2D eigenvalue weighted by atomic mass is 10.2. The summed E-state index contributed by atoms with van der Waals surface area (Å²) in [6.45, 7) is 2.12. The molecule has 0 aliphatic heterocycles. The Kier molecular flexibility index (Phi) is 2.83. The smallest absolute Gasteiger partial charge is 0.310 e. The Balaban J connectivity index is 2.64. The molecule has 0 fully saturated rings. The third-order valence-corrected chi connectivity index (χ3v) is 1.53. The van der Waals surface area contributed by atoms with Gasteiger partial charge in [0, 0.05) is 11.9 Å². The largest absolute Gasteiger partial charge is 0.345 e. The van der Waals surface area contributed by atoms with Crippen molar-refractivity contribution >= 4 is 0 Å². The number of aromatic nitrogens is 2. The standard InChI is InChI=1S/C8H12N2O/c1-2-3-4-7-5-6-9-8(11)10-7/h5-6H,2-4H2,1H3,(H,9,10,11). The average Bonchev–Trinajstić information content (AvgIpc) is 2.01. The van der Waals surface area contributed by atoms with Crippen LogP contribution in [0.15, 0.2) is 17.1 Å². The van der Waals surface area contributed by atoms with E-state index in [0.717, 1.165) is 25.0 Å². The van der Waals surface area contributed by atoms with Crippen molar-refractivity contribution < 1.29 is 0 Å². The van der Waals surface area contributed by atoms with Crippen LogP contribution in [0.3, 0.4) is 0 Å². The van der Waals surface area contributed by atoms with Crippen molar-refractivity contribution in [2.24, 2.45) is 0 Å². The van der Waals surface area contributed by atoms with Crippen LogP contribution < -0.4 is 5.69 Å². The maximum atomic E-state index is 10.7. The molecule has 1 aromatic rings. The number of rotatable bonds is 3. The van der Waals surface area contributed by atoms with Crippen molar-refractivity contribution in [1.29, 1.82) is 0 Å². The van der Waals surface area contributed by atoms with Gasteiger partial charge in [-0.15, -0.1) is 0 Å². The summed E-state index contributed by atoms with van der Waals surface area (Å²) in [6.07, 6.45) is 4.74. The number of aromatic amines is 1. The zero-order valence-electron chi connectivity index (χ0n) is 6.63. The highest BCUT2D eigenvalue weighted by molar-refractivity contribution is 4.97. The van der Waals surface area contributed by atoms with Crippen LogP contribution in [0.4, 0.5) is 0 Å². The number of unbranched alkanes of at least 4 members (excludes halogenated alkanes) is 1. The number of aryl methyl sites for hydroxylation is 1. The van der Waals surface area contributed by atoms with Crippen LogP contribution in [-0.4, -0.2) is 9.97 Å². The van der Waals surface area contributed by atoms with E-state index < -0.39 is 0 Å². The molecule has 0 unspecified atom stereocenters. The van der Waals surface area contributed by atoms with Crippen LogP contribution in [0.2, 0.25) is 0 Å². The van der Waals surface area contributed by atoms with Gasteiger partial charge >= 0.3 is 5.69 Å². The van der Waals surface area contributed by atoms with Gasteiger partial charge in [-0.2, -0.15) is 0 Å².